The van der Waals surface area contributed by atoms with Gasteiger partial charge in [-0.25, -0.2) is 9.67 Å². The molecule has 7 nitrogen and oxygen atoms in total. The summed E-state index contributed by atoms with van der Waals surface area (Å²) in [7, 11) is 0. The second kappa shape index (κ2) is 9.02. The zero-order valence-corrected chi connectivity index (χ0v) is 14.2. The van der Waals surface area contributed by atoms with Gasteiger partial charge in [0.2, 0.25) is 0 Å². The topological polar surface area (TPSA) is 92.1 Å². The van der Waals surface area contributed by atoms with Crippen molar-refractivity contribution in [3.05, 3.63) is 42.0 Å². The van der Waals surface area contributed by atoms with E-state index in [9.17, 15) is 4.79 Å². The van der Waals surface area contributed by atoms with Crippen molar-refractivity contribution < 1.29 is 9.90 Å². The number of rotatable bonds is 9. The minimum absolute atomic E-state index is 0.0740. The van der Waals surface area contributed by atoms with E-state index in [1.165, 1.54) is 0 Å². The summed E-state index contributed by atoms with van der Waals surface area (Å²) < 4.78 is 1.90. The molecule has 0 saturated carbocycles. The number of carbonyl (C=O) groups is 1. The number of nitrogens with zero attached hydrogens (tertiary/aromatic N) is 3. The van der Waals surface area contributed by atoms with E-state index < -0.39 is 0 Å². The molecule has 0 spiro atoms. The lowest BCUT2D eigenvalue weighted by atomic mass is 10.2. The maximum atomic E-state index is 11.9. The maximum Gasteiger partial charge on any atom is 0.251 e. The van der Waals surface area contributed by atoms with Gasteiger partial charge in [0.15, 0.2) is 0 Å². The van der Waals surface area contributed by atoms with Crippen LogP contribution in [-0.4, -0.2) is 38.9 Å². The Morgan fingerprint density at radius 3 is 2.71 bits per heavy atom. The summed E-state index contributed by atoms with van der Waals surface area (Å²) in [5.74, 6) is 1.26. The zero-order chi connectivity index (χ0) is 17.4. The van der Waals surface area contributed by atoms with Gasteiger partial charge in [0.25, 0.3) is 5.91 Å². The quantitative estimate of drug-likeness (QED) is 0.608. The SMILES string of the molecule is CC(C)Cn1ncnc1CNc1ccc(C(=O)NCCCO)cc1. The molecule has 0 unspecified atom stereocenters. The average molecular weight is 331 g/mol. The van der Waals surface area contributed by atoms with Crippen LogP contribution in [0.4, 0.5) is 5.69 Å². The molecule has 0 aliphatic heterocycles. The Kier molecular flexibility index (Phi) is 6.74. The van der Waals surface area contributed by atoms with E-state index in [1.54, 1.807) is 18.5 Å². The Labute approximate surface area is 142 Å². The molecule has 0 fully saturated rings. The lowest BCUT2D eigenvalue weighted by Crippen LogP contribution is -2.24. The molecule has 2 aromatic rings. The van der Waals surface area contributed by atoms with Crippen LogP contribution >= 0.6 is 0 Å². The van der Waals surface area contributed by atoms with Gasteiger partial charge in [-0.05, 0) is 36.6 Å². The van der Waals surface area contributed by atoms with E-state index in [1.807, 2.05) is 16.8 Å². The molecule has 0 atom stereocenters. The highest BCUT2D eigenvalue weighted by Crippen LogP contribution is 2.11. The largest absolute Gasteiger partial charge is 0.396 e. The molecule has 1 aromatic carbocycles. The normalized spacial score (nSPS) is 10.8. The Balaban J connectivity index is 1.88. The maximum absolute atomic E-state index is 11.9. The minimum Gasteiger partial charge on any atom is -0.396 e. The van der Waals surface area contributed by atoms with Crippen molar-refractivity contribution in [3.8, 4) is 0 Å². The van der Waals surface area contributed by atoms with Gasteiger partial charge < -0.3 is 15.7 Å². The van der Waals surface area contributed by atoms with Crippen molar-refractivity contribution in [2.75, 3.05) is 18.5 Å². The number of benzene rings is 1. The standard InChI is InChI=1S/C17H25N5O2/c1-13(2)11-22-16(20-12-21-22)10-19-15-6-4-14(5-7-15)17(24)18-8-3-9-23/h4-7,12-13,19,23H,3,8-11H2,1-2H3,(H,18,24). The smallest absolute Gasteiger partial charge is 0.251 e. The third kappa shape index (κ3) is 5.34. The second-order valence-electron chi connectivity index (χ2n) is 6.02. The van der Waals surface area contributed by atoms with Crippen molar-refractivity contribution in [1.29, 1.82) is 0 Å². The predicted molar refractivity (Wildman–Crippen MR) is 92.7 cm³/mol. The van der Waals surface area contributed by atoms with Crippen LogP contribution in [0.3, 0.4) is 0 Å². The molecule has 1 amide bonds. The number of aliphatic hydroxyl groups is 1. The van der Waals surface area contributed by atoms with Gasteiger partial charge >= 0.3 is 0 Å². The molecule has 0 radical (unpaired) electrons. The zero-order valence-electron chi connectivity index (χ0n) is 14.2. The fraction of sp³-hybridized carbons (Fsp3) is 0.471. The van der Waals surface area contributed by atoms with E-state index >= 15 is 0 Å². The Hall–Kier alpha value is -2.41. The van der Waals surface area contributed by atoms with Gasteiger partial charge in [-0.15, -0.1) is 0 Å². The highest BCUT2D eigenvalue weighted by molar-refractivity contribution is 5.94. The first kappa shape index (κ1) is 17.9. The molecular weight excluding hydrogens is 306 g/mol. The van der Waals surface area contributed by atoms with Crippen molar-refractivity contribution in [2.45, 2.75) is 33.4 Å². The van der Waals surface area contributed by atoms with Gasteiger partial charge in [-0.1, -0.05) is 13.8 Å². The summed E-state index contributed by atoms with van der Waals surface area (Å²) >= 11 is 0. The first-order chi connectivity index (χ1) is 11.6. The highest BCUT2D eigenvalue weighted by Gasteiger charge is 2.07. The molecule has 0 bridgehead atoms. The fourth-order valence-electron chi connectivity index (χ4n) is 2.23. The third-order valence-corrected chi connectivity index (χ3v) is 3.45. The van der Waals surface area contributed by atoms with E-state index in [-0.39, 0.29) is 12.5 Å². The molecule has 3 N–H and O–H groups in total. The van der Waals surface area contributed by atoms with E-state index in [0.717, 1.165) is 18.1 Å². The molecule has 1 aromatic heterocycles. The lowest BCUT2D eigenvalue weighted by molar-refractivity contribution is 0.0951. The molecule has 1 heterocycles. The van der Waals surface area contributed by atoms with Crippen LogP contribution in [0.1, 0.15) is 36.5 Å². The van der Waals surface area contributed by atoms with Gasteiger partial charge in [-0.3, -0.25) is 4.79 Å². The first-order valence-corrected chi connectivity index (χ1v) is 8.20. The molecule has 0 aliphatic rings. The molecule has 0 saturated heterocycles. The summed E-state index contributed by atoms with van der Waals surface area (Å²) in [4.78, 5) is 16.2. The van der Waals surface area contributed by atoms with Gasteiger partial charge in [0.05, 0.1) is 6.54 Å². The third-order valence-electron chi connectivity index (χ3n) is 3.45. The fourth-order valence-corrected chi connectivity index (χ4v) is 2.23. The number of nitrogens with one attached hydrogen (secondary N) is 2. The number of aliphatic hydroxyl groups excluding tert-OH is 1. The van der Waals surface area contributed by atoms with Crippen molar-refractivity contribution in [3.63, 3.8) is 0 Å². The molecule has 24 heavy (non-hydrogen) atoms. The molecule has 0 aliphatic carbocycles. The average Bonchev–Trinajstić information content (AvgIpc) is 3.00. The number of aromatic nitrogens is 3. The van der Waals surface area contributed by atoms with Gasteiger partial charge in [0.1, 0.15) is 12.2 Å². The minimum atomic E-state index is -0.133. The van der Waals surface area contributed by atoms with Crippen LogP contribution < -0.4 is 10.6 Å². The van der Waals surface area contributed by atoms with Gasteiger partial charge in [-0.2, -0.15) is 5.10 Å². The highest BCUT2D eigenvalue weighted by atomic mass is 16.3. The van der Waals surface area contributed by atoms with Crippen LogP contribution in [-0.2, 0) is 13.1 Å². The number of amides is 1. The van der Waals surface area contributed by atoms with Crippen LogP contribution in [0.15, 0.2) is 30.6 Å². The van der Waals surface area contributed by atoms with Crippen LogP contribution in [0, 0.1) is 5.92 Å². The monoisotopic (exact) mass is 331 g/mol. The summed E-state index contributed by atoms with van der Waals surface area (Å²) in [6, 6.07) is 7.28. The summed E-state index contributed by atoms with van der Waals surface area (Å²) in [5.41, 5.74) is 1.52. The van der Waals surface area contributed by atoms with E-state index in [0.29, 0.717) is 31.0 Å². The molecule has 2 rings (SSSR count). The van der Waals surface area contributed by atoms with Gasteiger partial charge in [0, 0.05) is 30.9 Å². The van der Waals surface area contributed by atoms with Crippen molar-refractivity contribution >= 4 is 11.6 Å². The van der Waals surface area contributed by atoms with Crippen molar-refractivity contribution in [2.24, 2.45) is 5.92 Å². The number of anilines is 1. The summed E-state index contributed by atoms with van der Waals surface area (Å²) in [5, 5.41) is 19.0. The van der Waals surface area contributed by atoms with Crippen molar-refractivity contribution in [1.82, 2.24) is 20.1 Å². The summed E-state index contributed by atoms with van der Waals surface area (Å²) in [6.45, 7) is 6.25. The van der Waals surface area contributed by atoms with Crippen LogP contribution in [0.5, 0.6) is 0 Å². The molecule has 130 valence electrons. The number of hydrogen-bond acceptors (Lipinski definition) is 5. The number of carbonyl (C=O) groups excluding carboxylic acids is 1. The Morgan fingerprint density at radius 1 is 1.29 bits per heavy atom. The lowest BCUT2D eigenvalue weighted by Gasteiger charge is -2.10. The second-order valence-corrected chi connectivity index (χ2v) is 6.02. The number of hydrogen-bond donors (Lipinski definition) is 3. The first-order valence-electron chi connectivity index (χ1n) is 8.20. The summed E-state index contributed by atoms with van der Waals surface area (Å²) in [6.07, 6.45) is 2.13. The van der Waals surface area contributed by atoms with Crippen LogP contribution in [0.2, 0.25) is 0 Å². The Morgan fingerprint density at radius 2 is 2.04 bits per heavy atom. The Bertz CT molecular complexity index is 637. The predicted octanol–water partition coefficient (Wildman–Crippen LogP) is 1.66. The van der Waals surface area contributed by atoms with Crippen LogP contribution in [0.25, 0.3) is 0 Å². The molecule has 7 heteroatoms. The van der Waals surface area contributed by atoms with E-state index in [4.69, 9.17) is 5.11 Å². The van der Waals surface area contributed by atoms with E-state index in [2.05, 4.69) is 34.6 Å². The molecular formula is C17H25N5O2.